The van der Waals surface area contributed by atoms with Crippen LogP contribution >= 0.6 is 23.2 Å². The molecule has 2 aromatic carbocycles. The van der Waals surface area contributed by atoms with Crippen molar-refractivity contribution >= 4 is 52.4 Å². The summed E-state index contributed by atoms with van der Waals surface area (Å²) in [5.41, 5.74) is 9.92. The van der Waals surface area contributed by atoms with Gasteiger partial charge >= 0.3 is 6.03 Å². The predicted octanol–water partition coefficient (Wildman–Crippen LogP) is 5.81. The molecule has 10 heteroatoms. The van der Waals surface area contributed by atoms with Crippen LogP contribution in [0.5, 0.6) is 0 Å². The summed E-state index contributed by atoms with van der Waals surface area (Å²) in [6.45, 7) is 2.85. The number of nitrogens with one attached hydrogen (secondary N) is 3. The smallest absolute Gasteiger partial charge is 0.324 e. The van der Waals surface area contributed by atoms with Gasteiger partial charge in [0, 0.05) is 18.3 Å². The van der Waals surface area contributed by atoms with E-state index in [1.807, 2.05) is 24.3 Å². The average Bonchev–Trinajstić information content (AvgIpc) is 3.22. The Morgan fingerprint density at radius 3 is 2.79 bits per heavy atom. The molecule has 0 saturated heterocycles. The Labute approximate surface area is 208 Å². The van der Waals surface area contributed by atoms with E-state index in [-0.39, 0.29) is 11.0 Å². The maximum absolute atomic E-state index is 12.8. The summed E-state index contributed by atoms with van der Waals surface area (Å²) in [7, 11) is 0. The Balaban J connectivity index is 1.64. The molecular formula is C24H27Cl2N7O. The Morgan fingerprint density at radius 1 is 1.21 bits per heavy atom. The minimum absolute atomic E-state index is 0.0355. The first-order valence-corrected chi connectivity index (χ1v) is 12.0. The van der Waals surface area contributed by atoms with Crippen molar-refractivity contribution in [1.29, 1.82) is 5.41 Å². The minimum atomic E-state index is -0.451. The van der Waals surface area contributed by atoms with Crippen molar-refractivity contribution in [2.75, 3.05) is 22.1 Å². The van der Waals surface area contributed by atoms with Crippen LogP contribution in [0.15, 0.2) is 42.5 Å². The molecule has 0 unspecified atom stereocenters. The maximum Gasteiger partial charge on any atom is 0.324 e. The molecular weight excluding hydrogens is 473 g/mol. The second-order valence-electron chi connectivity index (χ2n) is 8.17. The normalized spacial score (nSPS) is 12.9. The monoisotopic (exact) mass is 499 g/mol. The number of halogens is 2. The Hall–Kier alpha value is -3.23. The van der Waals surface area contributed by atoms with Crippen LogP contribution in [0.3, 0.4) is 0 Å². The van der Waals surface area contributed by atoms with Crippen molar-refractivity contribution in [2.24, 2.45) is 5.73 Å². The third kappa shape index (κ3) is 5.13. The number of hydrogen-bond donors (Lipinski definition) is 4. The molecule has 0 radical (unpaired) electrons. The number of nitrogens with two attached hydrogens (primary N) is 1. The van der Waals surface area contributed by atoms with Gasteiger partial charge in [0.15, 0.2) is 5.96 Å². The van der Waals surface area contributed by atoms with Gasteiger partial charge in [0.2, 0.25) is 0 Å². The molecule has 2 heterocycles. The maximum atomic E-state index is 12.8. The molecule has 0 bridgehead atoms. The van der Waals surface area contributed by atoms with Gasteiger partial charge in [-0.1, -0.05) is 42.6 Å². The second-order valence-corrected chi connectivity index (χ2v) is 8.96. The first-order chi connectivity index (χ1) is 16.4. The zero-order valence-corrected chi connectivity index (χ0v) is 20.4. The highest BCUT2D eigenvalue weighted by atomic mass is 35.5. The van der Waals surface area contributed by atoms with Gasteiger partial charge in [-0.05, 0) is 61.6 Å². The largest absolute Gasteiger partial charge is 0.370 e. The van der Waals surface area contributed by atoms with Gasteiger partial charge in [-0.2, -0.15) is 5.10 Å². The van der Waals surface area contributed by atoms with Gasteiger partial charge in [0.25, 0.3) is 0 Å². The van der Waals surface area contributed by atoms with Crippen LogP contribution in [-0.4, -0.2) is 28.3 Å². The van der Waals surface area contributed by atoms with Crippen molar-refractivity contribution in [1.82, 2.24) is 9.78 Å². The van der Waals surface area contributed by atoms with E-state index in [4.69, 9.17) is 39.4 Å². The number of anilines is 3. The third-order valence-electron chi connectivity index (χ3n) is 5.70. The Morgan fingerprint density at radius 2 is 2.03 bits per heavy atom. The summed E-state index contributed by atoms with van der Waals surface area (Å²) in [6.07, 6.45) is 4.64. The summed E-state index contributed by atoms with van der Waals surface area (Å²) >= 11 is 12.3. The molecule has 8 nitrogen and oxygen atoms in total. The van der Waals surface area contributed by atoms with Crippen molar-refractivity contribution in [2.45, 2.75) is 39.0 Å². The number of rotatable bonds is 6. The topological polar surface area (TPSA) is 112 Å². The first kappa shape index (κ1) is 23.9. The molecule has 178 valence electrons. The quantitative estimate of drug-likeness (QED) is 0.253. The summed E-state index contributed by atoms with van der Waals surface area (Å²) in [5.74, 6) is 0.578. The standard InChI is InChI=1S/C24H27Cl2N7O/c1-2-3-7-16-14-21(30-24(34)29-19-9-4-8-18(25)22(19)26)33(31-16)17-10-11-20-15(13-17)6-5-12-32(20)23(27)28/h4,8-11,13-14H,2-3,5-7,12H2,1H3,(H3,27,28)(H2,29,30,34). The zero-order chi connectivity index (χ0) is 24.2. The Kier molecular flexibility index (Phi) is 7.29. The number of guanidine groups is 1. The van der Waals surface area contributed by atoms with Crippen LogP contribution in [0.4, 0.5) is 22.0 Å². The molecule has 1 aromatic heterocycles. The lowest BCUT2D eigenvalue weighted by Gasteiger charge is -2.30. The van der Waals surface area contributed by atoms with E-state index in [1.54, 1.807) is 27.8 Å². The van der Waals surface area contributed by atoms with Crippen LogP contribution in [0.1, 0.15) is 37.4 Å². The van der Waals surface area contributed by atoms with Crippen molar-refractivity contribution in [3.05, 3.63) is 63.8 Å². The summed E-state index contributed by atoms with van der Waals surface area (Å²) in [4.78, 5) is 14.6. The minimum Gasteiger partial charge on any atom is -0.370 e. The predicted molar refractivity (Wildman–Crippen MR) is 139 cm³/mol. The fraction of sp³-hybridized carbons (Fsp3) is 0.292. The first-order valence-electron chi connectivity index (χ1n) is 11.2. The SMILES string of the molecule is CCCCc1cc(NC(=O)Nc2cccc(Cl)c2Cl)n(-c2ccc3c(c2)CCCN3C(=N)N)n1. The highest BCUT2D eigenvalue weighted by Crippen LogP contribution is 2.31. The molecule has 0 aliphatic carbocycles. The molecule has 2 amide bonds. The Bertz CT molecular complexity index is 1220. The van der Waals surface area contributed by atoms with Crippen LogP contribution < -0.4 is 21.3 Å². The molecule has 34 heavy (non-hydrogen) atoms. The molecule has 0 saturated carbocycles. The molecule has 1 aliphatic rings. The second kappa shape index (κ2) is 10.4. The highest BCUT2D eigenvalue weighted by molar-refractivity contribution is 6.44. The summed E-state index contributed by atoms with van der Waals surface area (Å²) in [6, 6.07) is 12.4. The third-order valence-corrected chi connectivity index (χ3v) is 6.52. The van der Waals surface area contributed by atoms with E-state index in [2.05, 4.69) is 17.6 Å². The zero-order valence-electron chi connectivity index (χ0n) is 18.9. The lowest BCUT2D eigenvalue weighted by Crippen LogP contribution is -2.40. The molecule has 5 N–H and O–H groups in total. The number of amides is 2. The number of nitrogens with zero attached hydrogens (tertiary/aromatic N) is 3. The highest BCUT2D eigenvalue weighted by Gasteiger charge is 2.21. The molecule has 1 aliphatic heterocycles. The fourth-order valence-corrected chi connectivity index (χ4v) is 4.38. The van der Waals surface area contributed by atoms with Gasteiger partial charge in [-0.3, -0.25) is 10.7 Å². The fourth-order valence-electron chi connectivity index (χ4n) is 4.03. The average molecular weight is 500 g/mol. The van der Waals surface area contributed by atoms with E-state index >= 15 is 0 Å². The van der Waals surface area contributed by atoms with Gasteiger partial charge in [-0.25, -0.2) is 9.48 Å². The van der Waals surface area contributed by atoms with Crippen LogP contribution in [0, 0.1) is 5.41 Å². The van der Waals surface area contributed by atoms with E-state index in [9.17, 15) is 4.79 Å². The number of aromatic nitrogens is 2. The van der Waals surface area contributed by atoms with Gasteiger partial charge in [0.1, 0.15) is 5.82 Å². The summed E-state index contributed by atoms with van der Waals surface area (Å²) < 4.78 is 1.73. The van der Waals surface area contributed by atoms with E-state index < -0.39 is 6.03 Å². The number of hydrogen-bond acceptors (Lipinski definition) is 3. The number of benzene rings is 2. The molecule has 0 atom stereocenters. The lowest BCUT2D eigenvalue weighted by atomic mass is 10.0. The van der Waals surface area contributed by atoms with Crippen LogP contribution in [-0.2, 0) is 12.8 Å². The van der Waals surface area contributed by atoms with E-state index in [0.29, 0.717) is 16.5 Å². The number of aryl methyl sites for hydroxylation is 2. The molecule has 4 rings (SSSR count). The van der Waals surface area contributed by atoms with Crippen molar-refractivity contribution < 1.29 is 4.79 Å². The van der Waals surface area contributed by atoms with Crippen molar-refractivity contribution in [3.8, 4) is 5.69 Å². The lowest BCUT2D eigenvalue weighted by molar-refractivity contribution is 0.262. The number of carbonyl (C=O) groups excluding carboxylic acids is 1. The van der Waals surface area contributed by atoms with Crippen LogP contribution in [0.2, 0.25) is 10.0 Å². The van der Waals surface area contributed by atoms with Crippen molar-refractivity contribution in [3.63, 3.8) is 0 Å². The number of urea groups is 1. The van der Waals surface area contributed by atoms with E-state index in [1.165, 1.54) is 0 Å². The van der Waals surface area contributed by atoms with Gasteiger partial charge < -0.3 is 16.0 Å². The van der Waals surface area contributed by atoms with Gasteiger partial charge in [0.05, 0.1) is 27.1 Å². The molecule has 0 fully saturated rings. The number of fused-ring (bicyclic) bond motifs is 1. The number of unbranched alkanes of at least 4 members (excludes halogenated alkanes) is 1. The molecule has 0 spiro atoms. The summed E-state index contributed by atoms with van der Waals surface area (Å²) in [5, 5.41) is 18.9. The van der Waals surface area contributed by atoms with E-state index in [0.717, 1.165) is 61.3 Å². The number of carbonyl (C=O) groups is 1. The molecule has 3 aromatic rings. The van der Waals surface area contributed by atoms with Gasteiger partial charge in [-0.15, -0.1) is 0 Å². The van der Waals surface area contributed by atoms with Crippen LogP contribution in [0.25, 0.3) is 5.69 Å².